The van der Waals surface area contributed by atoms with E-state index in [9.17, 15) is 18.0 Å². The molecule has 0 fully saturated rings. The number of aromatic amines is 1. The van der Waals surface area contributed by atoms with Gasteiger partial charge in [0.25, 0.3) is 5.56 Å². The van der Waals surface area contributed by atoms with Crippen molar-refractivity contribution in [2.24, 2.45) is 0 Å². The van der Waals surface area contributed by atoms with E-state index in [1.165, 1.54) is 6.07 Å². The lowest BCUT2D eigenvalue weighted by molar-refractivity contribution is -0.137. The maximum atomic E-state index is 12.4. The first-order valence-electron chi connectivity index (χ1n) is 4.31. The Balaban J connectivity index is 2.72. The number of aromatic nitrogens is 1. The predicted molar refractivity (Wildman–Crippen MR) is 51.2 cm³/mol. The van der Waals surface area contributed by atoms with E-state index in [0.717, 1.165) is 18.2 Å². The summed E-state index contributed by atoms with van der Waals surface area (Å²) in [7, 11) is 0. The Bertz CT molecular complexity index is 601. The summed E-state index contributed by atoms with van der Waals surface area (Å²) in [4.78, 5) is 13.2. The van der Waals surface area contributed by atoms with Crippen molar-refractivity contribution in [1.29, 1.82) is 0 Å². The maximum absolute atomic E-state index is 12.4. The maximum Gasteiger partial charge on any atom is 0.416 e. The van der Waals surface area contributed by atoms with Gasteiger partial charge in [-0.1, -0.05) is 6.07 Å². The van der Waals surface area contributed by atoms with Crippen LogP contribution in [0.3, 0.4) is 0 Å². The summed E-state index contributed by atoms with van der Waals surface area (Å²) in [5, 5.41) is 9.42. The Hall–Kier alpha value is -1.98. The van der Waals surface area contributed by atoms with Crippen molar-refractivity contribution in [1.82, 2.24) is 4.98 Å². The lowest BCUT2D eigenvalue weighted by Crippen LogP contribution is -2.07. The molecule has 16 heavy (non-hydrogen) atoms. The molecule has 2 N–H and O–H groups in total. The fraction of sp³-hybridized carbons (Fsp3) is 0.100. The molecule has 6 heteroatoms. The molecule has 0 aliphatic carbocycles. The molecule has 1 aromatic carbocycles. The molecular weight excluding hydrogens is 223 g/mol. The first-order chi connectivity index (χ1) is 7.38. The van der Waals surface area contributed by atoms with Gasteiger partial charge in [0.05, 0.1) is 5.56 Å². The van der Waals surface area contributed by atoms with E-state index >= 15 is 0 Å². The van der Waals surface area contributed by atoms with Gasteiger partial charge in [0.15, 0.2) is 5.75 Å². The highest BCUT2D eigenvalue weighted by atomic mass is 19.4. The molecule has 0 aliphatic rings. The van der Waals surface area contributed by atoms with Gasteiger partial charge in [-0.05, 0) is 18.2 Å². The Morgan fingerprint density at radius 2 is 1.88 bits per heavy atom. The zero-order chi connectivity index (χ0) is 11.9. The van der Waals surface area contributed by atoms with Gasteiger partial charge in [-0.15, -0.1) is 0 Å². The molecule has 0 spiro atoms. The number of pyridine rings is 1. The number of fused-ring (bicyclic) bond motifs is 1. The number of hydrogen-bond acceptors (Lipinski definition) is 2. The number of hydrogen-bond donors (Lipinski definition) is 2. The van der Waals surface area contributed by atoms with Gasteiger partial charge in [0, 0.05) is 10.9 Å². The van der Waals surface area contributed by atoms with Crippen molar-refractivity contribution in [3.8, 4) is 5.75 Å². The summed E-state index contributed by atoms with van der Waals surface area (Å²) < 4.78 is 37.1. The van der Waals surface area contributed by atoms with Crippen molar-refractivity contribution >= 4 is 10.9 Å². The van der Waals surface area contributed by atoms with E-state index in [1.807, 2.05) is 0 Å². The SMILES string of the molecule is O=c1[nH]c2cc(C(F)(F)F)ccc2cc1O. The number of aromatic hydroxyl groups is 1. The van der Waals surface area contributed by atoms with Gasteiger partial charge >= 0.3 is 6.18 Å². The van der Waals surface area contributed by atoms with Crippen molar-refractivity contribution in [3.05, 3.63) is 40.2 Å². The minimum atomic E-state index is -4.46. The lowest BCUT2D eigenvalue weighted by atomic mass is 10.1. The molecule has 0 saturated carbocycles. The van der Waals surface area contributed by atoms with E-state index in [1.54, 1.807) is 0 Å². The Morgan fingerprint density at radius 1 is 1.19 bits per heavy atom. The minimum absolute atomic E-state index is 0.0395. The molecule has 0 unspecified atom stereocenters. The van der Waals surface area contributed by atoms with Crippen LogP contribution in [0.15, 0.2) is 29.1 Å². The van der Waals surface area contributed by atoms with Crippen LogP contribution in [0, 0.1) is 0 Å². The van der Waals surface area contributed by atoms with Crippen molar-refractivity contribution in [2.75, 3.05) is 0 Å². The number of rotatable bonds is 0. The quantitative estimate of drug-likeness (QED) is 0.727. The smallest absolute Gasteiger partial charge is 0.416 e. The highest BCUT2D eigenvalue weighted by Crippen LogP contribution is 2.30. The molecule has 0 aliphatic heterocycles. The van der Waals surface area contributed by atoms with Crippen LogP contribution in [0.1, 0.15) is 5.56 Å². The van der Waals surface area contributed by atoms with Crippen LogP contribution in [0.2, 0.25) is 0 Å². The minimum Gasteiger partial charge on any atom is -0.503 e. The zero-order valence-corrected chi connectivity index (χ0v) is 7.80. The predicted octanol–water partition coefficient (Wildman–Crippen LogP) is 2.25. The molecule has 1 heterocycles. The third kappa shape index (κ3) is 1.73. The molecule has 0 amide bonds. The van der Waals surface area contributed by atoms with Crippen molar-refractivity contribution in [2.45, 2.75) is 6.18 Å². The second kappa shape index (κ2) is 3.26. The zero-order valence-electron chi connectivity index (χ0n) is 7.80. The van der Waals surface area contributed by atoms with Crippen molar-refractivity contribution in [3.63, 3.8) is 0 Å². The fourth-order valence-corrected chi connectivity index (χ4v) is 1.37. The Kier molecular flexibility index (Phi) is 2.15. The van der Waals surface area contributed by atoms with Gasteiger partial charge in [0.1, 0.15) is 0 Å². The molecule has 84 valence electrons. The van der Waals surface area contributed by atoms with Gasteiger partial charge in [-0.25, -0.2) is 0 Å². The van der Waals surface area contributed by atoms with E-state index in [2.05, 4.69) is 4.98 Å². The van der Waals surface area contributed by atoms with E-state index in [-0.39, 0.29) is 5.52 Å². The Morgan fingerprint density at radius 3 is 2.50 bits per heavy atom. The number of nitrogens with one attached hydrogen (secondary N) is 1. The molecule has 0 atom stereocenters. The molecule has 2 rings (SSSR count). The van der Waals surface area contributed by atoms with Gasteiger partial charge in [-0.3, -0.25) is 4.79 Å². The van der Waals surface area contributed by atoms with Crippen LogP contribution in [0.5, 0.6) is 5.75 Å². The largest absolute Gasteiger partial charge is 0.503 e. The fourth-order valence-electron chi connectivity index (χ4n) is 1.37. The second-order valence-corrected chi connectivity index (χ2v) is 3.28. The summed E-state index contributed by atoms with van der Waals surface area (Å²) in [6.07, 6.45) is -4.46. The number of benzene rings is 1. The second-order valence-electron chi connectivity index (χ2n) is 3.28. The summed E-state index contributed by atoms with van der Waals surface area (Å²) in [5.74, 6) is -0.521. The third-order valence-electron chi connectivity index (χ3n) is 2.15. The van der Waals surface area contributed by atoms with Crippen LogP contribution >= 0.6 is 0 Å². The van der Waals surface area contributed by atoms with Gasteiger partial charge in [-0.2, -0.15) is 13.2 Å². The summed E-state index contributed by atoms with van der Waals surface area (Å²) in [5.41, 5.74) is -1.62. The molecule has 1 aromatic heterocycles. The lowest BCUT2D eigenvalue weighted by Gasteiger charge is -2.07. The summed E-state index contributed by atoms with van der Waals surface area (Å²) in [6.45, 7) is 0. The van der Waals surface area contributed by atoms with Gasteiger partial charge < -0.3 is 10.1 Å². The highest BCUT2D eigenvalue weighted by molar-refractivity contribution is 5.80. The van der Waals surface area contributed by atoms with Crippen LogP contribution in [-0.2, 0) is 6.18 Å². The van der Waals surface area contributed by atoms with Gasteiger partial charge in [0.2, 0.25) is 0 Å². The molecule has 2 aromatic rings. The van der Waals surface area contributed by atoms with Crippen LogP contribution in [0.4, 0.5) is 13.2 Å². The number of H-pyrrole nitrogens is 1. The Labute approximate surface area is 87.2 Å². The normalized spacial score (nSPS) is 11.9. The highest BCUT2D eigenvalue weighted by Gasteiger charge is 2.30. The standard InChI is InChI=1S/C10H6F3NO2/c11-10(12,13)6-2-1-5-3-8(15)9(16)14-7(5)4-6/h1-4,15H,(H,14,16). The van der Waals surface area contributed by atoms with Crippen LogP contribution in [-0.4, -0.2) is 10.1 Å². The monoisotopic (exact) mass is 229 g/mol. The average molecular weight is 229 g/mol. The van der Waals surface area contributed by atoms with E-state index < -0.39 is 23.0 Å². The number of alkyl halides is 3. The van der Waals surface area contributed by atoms with E-state index in [0.29, 0.717) is 5.39 Å². The van der Waals surface area contributed by atoms with E-state index in [4.69, 9.17) is 5.11 Å². The first-order valence-corrected chi connectivity index (χ1v) is 4.31. The van der Waals surface area contributed by atoms with Crippen LogP contribution < -0.4 is 5.56 Å². The number of halogens is 3. The summed E-state index contributed by atoms with van der Waals surface area (Å²) >= 11 is 0. The molecule has 0 bridgehead atoms. The van der Waals surface area contributed by atoms with Crippen molar-refractivity contribution < 1.29 is 18.3 Å². The third-order valence-corrected chi connectivity index (χ3v) is 2.15. The molecule has 3 nitrogen and oxygen atoms in total. The molecule has 0 radical (unpaired) electrons. The molecule has 0 saturated heterocycles. The first kappa shape index (κ1) is 10.5. The summed E-state index contributed by atoms with van der Waals surface area (Å²) in [6, 6.07) is 4.03. The van der Waals surface area contributed by atoms with Crippen LogP contribution in [0.25, 0.3) is 10.9 Å². The average Bonchev–Trinajstić information content (AvgIpc) is 2.17. The topological polar surface area (TPSA) is 53.1 Å². The molecular formula is C10H6F3NO2.